The van der Waals surface area contributed by atoms with Crippen LogP contribution in [0.3, 0.4) is 0 Å². The van der Waals surface area contributed by atoms with Gasteiger partial charge in [-0.05, 0) is 24.5 Å². The minimum absolute atomic E-state index is 0.452. The number of pyridine rings is 1. The number of thiazole rings is 1. The van der Waals surface area contributed by atoms with Crippen molar-refractivity contribution in [2.75, 3.05) is 12.4 Å². The van der Waals surface area contributed by atoms with Gasteiger partial charge in [0.25, 0.3) is 0 Å². The molecule has 7 heteroatoms. The van der Waals surface area contributed by atoms with Crippen LogP contribution >= 0.6 is 11.3 Å². The van der Waals surface area contributed by atoms with E-state index in [2.05, 4.69) is 20.0 Å². The Kier molecular flexibility index (Phi) is 5.72. The first-order valence-electron chi connectivity index (χ1n) is 9.23. The average Bonchev–Trinajstić information content (AvgIpc) is 3.17. The maximum Gasteiger partial charge on any atom is 0.330 e. The Hall–Kier alpha value is -3.71. The summed E-state index contributed by atoms with van der Waals surface area (Å²) < 4.78 is 11.0. The molecule has 6 nitrogen and oxygen atoms in total. The van der Waals surface area contributed by atoms with Crippen LogP contribution in [0.2, 0.25) is 0 Å². The van der Waals surface area contributed by atoms with Gasteiger partial charge < -0.3 is 14.8 Å². The number of hydrogen-bond donors (Lipinski definition) is 1. The van der Waals surface area contributed by atoms with Gasteiger partial charge in [0.2, 0.25) is 0 Å². The average molecular weight is 417 g/mol. The Morgan fingerprint density at radius 2 is 1.97 bits per heavy atom. The number of aromatic nitrogens is 2. The highest BCUT2D eigenvalue weighted by Gasteiger charge is 2.10. The number of carbonyl (C=O) groups is 1. The fourth-order valence-corrected chi connectivity index (χ4v) is 3.57. The molecule has 0 radical (unpaired) electrons. The summed E-state index contributed by atoms with van der Waals surface area (Å²) in [5.74, 6) is 1.40. The van der Waals surface area contributed by atoms with E-state index in [9.17, 15) is 4.79 Å². The molecular weight excluding hydrogens is 398 g/mol. The van der Waals surface area contributed by atoms with Crippen LogP contribution in [0.25, 0.3) is 16.8 Å². The monoisotopic (exact) mass is 417 g/mol. The highest BCUT2D eigenvalue weighted by atomic mass is 32.1. The second kappa shape index (κ2) is 8.75. The van der Waals surface area contributed by atoms with Gasteiger partial charge in [-0.25, -0.2) is 14.8 Å². The lowest BCUT2D eigenvalue weighted by molar-refractivity contribution is -0.134. The van der Waals surface area contributed by atoms with E-state index in [-0.39, 0.29) is 0 Å². The van der Waals surface area contributed by atoms with E-state index in [1.165, 1.54) is 24.5 Å². The van der Waals surface area contributed by atoms with Gasteiger partial charge in [0.15, 0.2) is 5.13 Å². The van der Waals surface area contributed by atoms with Crippen molar-refractivity contribution in [3.05, 3.63) is 77.4 Å². The third-order valence-electron chi connectivity index (χ3n) is 4.32. The second-order valence-corrected chi connectivity index (χ2v) is 7.32. The number of carbonyl (C=O) groups excluding carboxylic acids is 1. The molecule has 0 unspecified atom stereocenters. The van der Waals surface area contributed by atoms with E-state index < -0.39 is 5.97 Å². The molecule has 2 aromatic heterocycles. The van der Waals surface area contributed by atoms with Crippen LogP contribution in [0.15, 0.2) is 66.2 Å². The normalized spacial score (nSPS) is 11.0. The van der Waals surface area contributed by atoms with Crippen LogP contribution in [0, 0.1) is 6.92 Å². The zero-order valence-electron chi connectivity index (χ0n) is 16.5. The van der Waals surface area contributed by atoms with Crippen LogP contribution < -0.4 is 10.1 Å². The van der Waals surface area contributed by atoms with Crippen LogP contribution in [-0.2, 0) is 9.53 Å². The molecular formula is C23H19N3O3S. The van der Waals surface area contributed by atoms with Crippen molar-refractivity contribution >= 4 is 45.1 Å². The Bertz CT molecular complexity index is 1230. The molecule has 0 fully saturated rings. The number of anilines is 2. The Morgan fingerprint density at radius 1 is 1.13 bits per heavy atom. The van der Waals surface area contributed by atoms with Gasteiger partial charge in [-0.3, -0.25) is 0 Å². The van der Waals surface area contributed by atoms with Gasteiger partial charge in [0.05, 0.1) is 12.8 Å². The molecule has 0 aliphatic rings. The molecule has 0 aliphatic carbocycles. The van der Waals surface area contributed by atoms with Crippen LogP contribution in [0.1, 0.15) is 11.3 Å². The van der Waals surface area contributed by atoms with Crippen molar-refractivity contribution in [3.8, 4) is 11.5 Å². The smallest absolute Gasteiger partial charge is 0.330 e. The Morgan fingerprint density at radius 3 is 2.77 bits per heavy atom. The highest BCUT2D eigenvalue weighted by Crippen LogP contribution is 2.33. The van der Waals surface area contributed by atoms with Gasteiger partial charge in [0.1, 0.15) is 17.3 Å². The van der Waals surface area contributed by atoms with Crippen LogP contribution in [0.5, 0.6) is 11.5 Å². The van der Waals surface area contributed by atoms with Crippen molar-refractivity contribution in [2.24, 2.45) is 0 Å². The Balaban J connectivity index is 1.72. The molecule has 0 aliphatic heterocycles. The van der Waals surface area contributed by atoms with E-state index in [1.54, 1.807) is 18.3 Å². The van der Waals surface area contributed by atoms with Crippen molar-refractivity contribution < 1.29 is 14.3 Å². The minimum atomic E-state index is -0.452. The van der Waals surface area contributed by atoms with Gasteiger partial charge in [-0.15, -0.1) is 11.3 Å². The standard InChI is InChI=1S/C23H19N3O3S/c1-15-14-30-23(25-15)26-21-12-20(17(13-24-21)10-11-22(27)28-2)29-19-9-5-7-16-6-3-4-8-18(16)19/h3-14H,1-2H3,(H,24,25,26). The van der Waals surface area contributed by atoms with Gasteiger partial charge in [-0.2, -0.15) is 0 Å². The minimum Gasteiger partial charge on any atom is -0.466 e. The van der Waals surface area contributed by atoms with E-state index in [0.29, 0.717) is 22.9 Å². The summed E-state index contributed by atoms with van der Waals surface area (Å²) in [6.45, 7) is 1.94. The predicted molar refractivity (Wildman–Crippen MR) is 119 cm³/mol. The molecule has 0 bridgehead atoms. The summed E-state index contributed by atoms with van der Waals surface area (Å²) in [5, 5.41) is 7.96. The van der Waals surface area contributed by atoms with Crippen LogP contribution in [-0.4, -0.2) is 23.0 Å². The topological polar surface area (TPSA) is 73.3 Å². The molecule has 0 spiro atoms. The first-order valence-corrected chi connectivity index (χ1v) is 10.1. The van der Waals surface area contributed by atoms with E-state index in [0.717, 1.165) is 21.6 Å². The van der Waals surface area contributed by atoms with Gasteiger partial charge >= 0.3 is 5.97 Å². The highest BCUT2D eigenvalue weighted by molar-refractivity contribution is 7.13. The number of hydrogen-bond acceptors (Lipinski definition) is 7. The molecule has 0 saturated carbocycles. The number of nitrogens with zero attached hydrogens (tertiary/aromatic N) is 2. The molecule has 0 saturated heterocycles. The van der Waals surface area contributed by atoms with E-state index in [4.69, 9.17) is 4.74 Å². The number of aryl methyl sites for hydroxylation is 1. The van der Waals surface area contributed by atoms with Gasteiger partial charge in [-0.1, -0.05) is 36.4 Å². The summed E-state index contributed by atoms with van der Waals surface area (Å²) in [6, 6.07) is 15.7. The summed E-state index contributed by atoms with van der Waals surface area (Å²) in [6.07, 6.45) is 4.60. The fourth-order valence-electron chi connectivity index (χ4n) is 2.88. The molecule has 30 heavy (non-hydrogen) atoms. The maximum absolute atomic E-state index is 11.6. The number of esters is 1. The number of rotatable bonds is 6. The lowest BCUT2D eigenvalue weighted by atomic mass is 10.1. The molecule has 150 valence electrons. The van der Waals surface area contributed by atoms with Gasteiger partial charge in [0, 0.05) is 34.7 Å². The summed E-state index contributed by atoms with van der Waals surface area (Å²) >= 11 is 1.50. The second-order valence-electron chi connectivity index (χ2n) is 6.46. The summed E-state index contributed by atoms with van der Waals surface area (Å²) in [7, 11) is 1.33. The van der Waals surface area contributed by atoms with E-state index >= 15 is 0 Å². The molecule has 0 atom stereocenters. The van der Waals surface area contributed by atoms with Crippen molar-refractivity contribution in [1.82, 2.24) is 9.97 Å². The third kappa shape index (κ3) is 4.47. The van der Waals surface area contributed by atoms with Crippen LogP contribution in [0.4, 0.5) is 10.9 Å². The maximum atomic E-state index is 11.6. The lowest BCUT2D eigenvalue weighted by Gasteiger charge is -2.13. The largest absolute Gasteiger partial charge is 0.466 e. The SMILES string of the molecule is COC(=O)C=Cc1cnc(Nc2nc(C)cs2)cc1Oc1cccc2ccccc12. The molecule has 2 aromatic carbocycles. The molecule has 2 heterocycles. The number of methoxy groups -OCH3 is 1. The predicted octanol–water partition coefficient (Wildman–Crippen LogP) is 5.72. The van der Waals surface area contributed by atoms with Crippen molar-refractivity contribution in [1.29, 1.82) is 0 Å². The number of fused-ring (bicyclic) bond motifs is 1. The zero-order chi connectivity index (χ0) is 20.9. The Labute approximate surface area is 177 Å². The van der Waals surface area contributed by atoms with Crippen molar-refractivity contribution in [2.45, 2.75) is 6.92 Å². The zero-order valence-corrected chi connectivity index (χ0v) is 17.3. The van der Waals surface area contributed by atoms with E-state index in [1.807, 2.05) is 54.8 Å². The summed E-state index contributed by atoms with van der Waals surface area (Å²) in [5.41, 5.74) is 1.58. The third-order valence-corrected chi connectivity index (χ3v) is 5.19. The summed E-state index contributed by atoms with van der Waals surface area (Å²) in [4.78, 5) is 20.4. The quantitative estimate of drug-likeness (QED) is 0.319. The molecule has 4 rings (SSSR count). The van der Waals surface area contributed by atoms with Crippen molar-refractivity contribution in [3.63, 3.8) is 0 Å². The number of benzene rings is 2. The molecule has 4 aromatic rings. The fraction of sp³-hybridized carbons (Fsp3) is 0.0870. The number of nitrogens with one attached hydrogen (secondary N) is 1. The molecule has 0 amide bonds. The first kappa shape index (κ1) is 19.6. The first-order chi connectivity index (χ1) is 14.6. The lowest BCUT2D eigenvalue weighted by Crippen LogP contribution is -1.97. The molecule has 1 N–H and O–H groups in total. The number of ether oxygens (including phenoxy) is 2.